The molecule has 0 saturated carbocycles. The van der Waals surface area contributed by atoms with E-state index < -0.39 is 0 Å². The number of amides is 1. The highest BCUT2D eigenvalue weighted by atomic mass is 32.2. The molecule has 0 spiro atoms. The molecular formula is C14H21FN2OS. The number of benzene rings is 1. The fourth-order valence-corrected chi connectivity index (χ4v) is 2.40. The Bertz CT molecular complexity index is 424. The predicted octanol–water partition coefficient (Wildman–Crippen LogP) is 2.22. The molecule has 0 radical (unpaired) electrons. The molecule has 0 aliphatic carbocycles. The Balaban J connectivity index is 2.24. The van der Waals surface area contributed by atoms with Crippen molar-refractivity contribution < 1.29 is 9.18 Å². The number of halogens is 1. The molecule has 3 N–H and O–H groups in total. The first-order chi connectivity index (χ1) is 8.99. The summed E-state index contributed by atoms with van der Waals surface area (Å²) in [5, 5.41) is 2.78. The molecule has 1 atom stereocenters. The molecule has 0 saturated heterocycles. The predicted molar refractivity (Wildman–Crippen MR) is 78.6 cm³/mol. The van der Waals surface area contributed by atoms with Gasteiger partial charge < -0.3 is 11.1 Å². The Hall–Kier alpha value is -1.07. The number of rotatable bonds is 7. The summed E-state index contributed by atoms with van der Waals surface area (Å²) in [4.78, 5) is 11.6. The number of nitrogens with one attached hydrogen (secondary N) is 1. The zero-order chi connectivity index (χ0) is 14.3. The Morgan fingerprint density at radius 1 is 1.53 bits per heavy atom. The van der Waals surface area contributed by atoms with E-state index in [1.807, 2.05) is 13.0 Å². The van der Waals surface area contributed by atoms with E-state index in [1.165, 1.54) is 6.07 Å². The van der Waals surface area contributed by atoms with Crippen LogP contribution in [0.1, 0.15) is 24.5 Å². The third-order valence-electron chi connectivity index (χ3n) is 2.68. The minimum atomic E-state index is -0.238. The van der Waals surface area contributed by atoms with Gasteiger partial charge in [-0.3, -0.25) is 4.79 Å². The van der Waals surface area contributed by atoms with E-state index in [2.05, 4.69) is 5.32 Å². The van der Waals surface area contributed by atoms with Crippen LogP contribution in [-0.4, -0.2) is 23.5 Å². The quantitative estimate of drug-likeness (QED) is 0.755. The van der Waals surface area contributed by atoms with E-state index in [9.17, 15) is 9.18 Å². The normalized spacial score (nSPS) is 12.2. The Labute approximate surface area is 118 Å². The van der Waals surface area contributed by atoms with Crippen molar-refractivity contribution in [2.75, 3.05) is 11.5 Å². The molecule has 1 aromatic rings. The van der Waals surface area contributed by atoms with Gasteiger partial charge in [0.25, 0.3) is 0 Å². The summed E-state index contributed by atoms with van der Waals surface area (Å²) in [5.74, 6) is 1.03. The molecule has 0 aliphatic rings. The summed E-state index contributed by atoms with van der Waals surface area (Å²) >= 11 is 1.56. The smallest absolute Gasteiger partial charge is 0.230 e. The number of nitrogens with two attached hydrogens (primary N) is 1. The van der Waals surface area contributed by atoms with Crippen LogP contribution in [0.3, 0.4) is 0 Å². The summed E-state index contributed by atoms with van der Waals surface area (Å²) in [6, 6.07) is 5.17. The van der Waals surface area contributed by atoms with Crippen LogP contribution in [0.15, 0.2) is 18.2 Å². The second-order valence-electron chi connectivity index (χ2n) is 4.68. The van der Waals surface area contributed by atoms with Crippen LogP contribution >= 0.6 is 11.8 Å². The molecule has 3 nitrogen and oxygen atoms in total. The SMILES string of the molecule is Cc1ccc(CNC(=O)CSCCC(C)N)cc1F. The van der Waals surface area contributed by atoms with Gasteiger partial charge in [0.15, 0.2) is 0 Å². The average molecular weight is 284 g/mol. The molecule has 0 fully saturated rings. The van der Waals surface area contributed by atoms with Crippen LogP contribution in [-0.2, 0) is 11.3 Å². The fraction of sp³-hybridized carbons (Fsp3) is 0.500. The summed E-state index contributed by atoms with van der Waals surface area (Å²) in [6.07, 6.45) is 0.904. The molecule has 0 bridgehead atoms. The maximum absolute atomic E-state index is 13.3. The highest BCUT2D eigenvalue weighted by Gasteiger charge is 2.04. The minimum Gasteiger partial charge on any atom is -0.351 e. The van der Waals surface area contributed by atoms with Crippen LogP contribution in [0, 0.1) is 12.7 Å². The molecule has 1 unspecified atom stereocenters. The number of hydrogen-bond acceptors (Lipinski definition) is 3. The number of thioether (sulfide) groups is 1. The van der Waals surface area contributed by atoms with Crippen molar-refractivity contribution in [1.82, 2.24) is 5.32 Å². The van der Waals surface area contributed by atoms with E-state index in [0.717, 1.165) is 17.7 Å². The fourth-order valence-electron chi connectivity index (χ4n) is 1.43. The molecule has 5 heteroatoms. The van der Waals surface area contributed by atoms with Crippen LogP contribution in [0.25, 0.3) is 0 Å². The monoisotopic (exact) mass is 284 g/mol. The van der Waals surface area contributed by atoms with E-state index >= 15 is 0 Å². The lowest BCUT2D eigenvalue weighted by Crippen LogP contribution is -2.25. The average Bonchev–Trinajstić information content (AvgIpc) is 2.36. The zero-order valence-corrected chi connectivity index (χ0v) is 12.2. The van der Waals surface area contributed by atoms with Gasteiger partial charge in [-0.1, -0.05) is 12.1 Å². The van der Waals surface area contributed by atoms with Gasteiger partial charge in [-0.2, -0.15) is 11.8 Å². The molecule has 19 heavy (non-hydrogen) atoms. The molecule has 1 amide bonds. The Morgan fingerprint density at radius 2 is 2.26 bits per heavy atom. The largest absolute Gasteiger partial charge is 0.351 e. The molecule has 1 aromatic carbocycles. The summed E-state index contributed by atoms with van der Waals surface area (Å²) in [7, 11) is 0. The highest BCUT2D eigenvalue weighted by molar-refractivity contribution is 7.99. The number of aryl methyl sites for hydroxylation is 1. The zero-order valence-electron chi connectivity index (χ0n) is 11.4. The van der Waals surface area contributed by atoms with Crippen molar-refractivity contribution >= 4 is 17.7 Å². The van der Waals surface area contributed by atoms with Crippen LogP contribution in [0.5, 0.6) is 0 Å². The van der Waals surface area contributed by atoms with Gasteiger partial charge in [-0.15, -0.1) is 0 Å². The van der Waals surface area contributed by atoms with Crippen molar-refractivity contribution in [1.29, 1.82) is 0 Å². The lowest BCUT2D eigenvalue weighted by Gasteiger charge is -2.07. The van der Waals surface area contributed by atoms with Gasteiger partial charge in [-0.05, 0) is 43.2 Å². The lowest BCUT2D eigenvalue weighted by atomic mass is 10.1. The van der Waals surface area contributed by atoms with Gasteiger partial charge in [0.05, 0.1) is 5.75 Å². The van der Waals surface area contributed by atoms with Crippen molar-refractivity contribution in [3.05, 3.63) is 35.1 Å². The first-order valence-electron chi connectivity index (χ1n) is 6.34. The molecule has 1 rings (SSSR count). The maximum atomic E-state index is 13.3. The van der Waals surface area contributed by atoms with Crippen molar-refractivity contribution in [2.45, 2.75) is 32.9 Å². The molecule has 0 aromatic heterocycles. The Kier molecular flexibility index (Phi) is 6.87. The van der Waals surface area contributed by atoms with Gasteiger partial charge in [-0.25, -0.2) is 4.39 Å². The van der Waals surface area contributed by atoms with Gasteiger partial charge in [0.1, 0.15) is 5.82 Å². The lowest BCUT2D eigenvalue weighted by molar-refractivity contribution is -0.118. The second kappa shape index (κ2) is 8.17. The van der Waals surface area contributed by atoms with Gasteiger partial charge in [0.2, 0.25) is 5.91 Å². The standard InChI is InChI=1S/C14H21FN2OS/c1-10-3-4-12(7-13(10)15)8-17-14(18)9-19-6-5-11(2)16/h3-4,7,11H,5-6,8-9,16H2,1-2H3,(H,17,18). The molecule has 0 heterocycles. The minimum absolute atomic E-state index is 0.0318. The van der Waals surface area contributed by atoms with Crippen molar-refractivity contribution in [3.8, 4) is 0 Å². The van der Waals surface area contributed by atoms with E-state index in [4.69, 9.17) is 5.73 Å². The van der Waals surface area contributed by atoms with E-state index in [1.54, 1.807) is 24.8 Å². The second-order valence-corrected chi connectivity index (χ2v) is 5.78. The Morgan fingerprint density at radius 3 is 2.89 bits per heavy atom. The number of carbonyl (C=O) groups excluding carboxylic acids is 1. The van der Waals surface area contributed by atoms with Crippen LogP contribution in [0.4, 0.5) is 4.39 Å². The highest BCUT2D eigenvalue weighted by Crippen LogP contribution is 2.09. The van der Waals surface area contributed by atoms with Crippen LogP contribution < -0.4 is 11.1 Å². The topological polar surface area (TPSA) is 55.1 Å². The molecule has 106 valence electrons. The van der Waals surface area contributed by atoms with E-state index in [-0.39, 0.29) is 17.8 Å². The first kappa shape index (κ1) is 16.0. The molecular weight excluding hydrogens is 263 g/mol. The first-order valence-corrected chi connectivity index (χ1v) is 7.49. The summed E-state index contributed by atoms with van der Waals surface area (Å²) < 4.78 is 13.3. The van der Waals surface area contributed by atoms with Crippen LogP contribution in [0.2, 0.25) is 0 Å². The van der Waals surface area contributed by atoms with Crippen molar-refractivity contribution in [2.24, 2.45) is 5.73 Å². The molecule has 0 aliphatic heterocycles. The van der Waals surface area contributed by atoms with Gasteiger partial charge >= 0.3 is 0 Å². The maximum Gasteiger partial charge on any atom is 0.230 e. The summed E-state index contributed by atoms with van der Waals surface area (Å²) in [5.41, 5.74) is 7.01. The summed E-state index contributed by atoms with van der Waals surface area (Å²) in [6.45, 7) is 4.03. The van der Waals surface area contributed by atoms with E-state index in [0.29, 0.717) is 17.9 Å². The van der Waals surface area contributed by atoms with Gasteiger partial charge in [0, 0.05) is 12.6 Å². The number of hydrogen-bond donors (Lipinski definition) is 2. The number of carbonyl (C=O) groups is 1. The van der Waals surface area contributed by atoms with Crippen molar-refractivity contribution in [3.63, 3.8) is 0 Å². The third-order valence-corrected chi connectivity index (χ3v) is 3.67. The third kappa shape index (κ3) is 6.59.